The summed E-state index contributed by atoms with van der Waals surface area (Å²) >= 11 is 12.1. The van der Waals surface area contributed by atoms with E-state index in [0.717, 1.165) is 19.6 Å². The number of hydrogen-bond donors (Lipinski definition) is 2. The molecule has 1 aliphatic heterocycles. The largest absolute Gasteiger partial charge is 0.374 e. The van der Waals surface area contributed by atoms with Crippen molar-refractivity contribution in [3.05, 3.63) is 28.2 Å². The molecule has 1 aliphatic rings. The van der Waals surface area contributed by atoms with Gasteiger partial charge in [0.2, 0.25) is 5.91 Å². The summed E-state index contributed by atoms with van der Waals surface area (Å²) in [5.41, 5.74) is 0.464. The van der Waals surface area contributed by atoms with Gasteiger partial charge in [0, 0.05) is 19.6 Å². The number of nitrogens with zero attached hydrogens (tertiary/aromatic N) is 1. The molecule has 1 aromatic carbocycles. The Morgan fingerprint density at radius 3 is 2.81 bits per heavy atom. The Balaban J connectivity index is 1.89. The standard InChI is InChI=1S/C14H19Cl2N3O2/c1-17-7-10-8-19(5-6-21-10)9-13(20)18-14-11(15)3-2-4-12(14)16/h2-4,10,17H,5-9H2,1H3,(H,18,20). The highest BCUT2D eigenvalue weighted by molar-refractivity contribution is 6.39. The number of ether oxygens (including phenoxy) is 1. The van der Waals surface area contributed by atoms with Crippen molar-refractivity contribution in [2.45, 2.75) is 6.10 Å². The van der Waals surface area contributed by atoms with Gasteiger partial charge in [0.25, 0.3) is 0 Å². The number of anilines is 1. The normalized spacial score (nSPS) is 19.5. The molecule has 116 valence electrons. The third-order valence-electron chi connectivity index (χ3n) is 3.25. The maximum atomic E-state index is 12.1. The van der Waals surface area contributed by atoms with Gasteiger partial charge in [-0.2, -0.15) is 0 Å². The van der Waals surface area contributed by atoms with Crippen LogP contribution in [0, 0.1) is 0 Å². The highest BCUT2D eigenvalue weighted by Gasteiger charge is 2.22. The van der Waals surface area contributed by atoms with E-state index in [1.807, 2.05) is 7.05 Å². The Hall–Kier alpha value is -0.850. The number of rotatable bonds is 5. The number of carbonyl (C=O) groups is 1. The fourth-order valence-electron chi connectivity index (χ4n) is 2.27. The van der Waals surface area contributed by atoms with Gasteiger partial charge in [-0.3, -0.25) is 9.69 Å². The molecule has 0 aliphatic carbocycles. The molecule has 1 heterocycles. The first kappa shape index (κ1) is 16.5. The highest BCUT2D eigenvalue weighted by Crippen LogP contribution is 2.29. The lowest BCUT2D eigenvalue weighted by molar-refractivity contribution is -0.119. The maximum absolute atomic E-state index is 12.1. The van der Waals surface area contributed by atoms with Gasteiger partial charge in [-0.25, -0.2) is 0 Å². The number of carbonyl (C=O) groups excluding carboxylic acids is 1. The van der Waals surface area contributed by atoms with Crippen LogP contribution in [-0.2, 0) is 9.53 Å². The van der Waals surface area contributed by atoms with Crippen LogP contribution >= 0.6 is 23.2 Å². The van der Waals surface area contributed by atoms with Gasteiger partial charge in [-0.15, -0.1) is 0 Å². The van der Waals surface area contributed by atoms with E-state index in [0.29, 0.717) is 28.9 Å². The van der Waals surface area contributed by atoms with E-state index in [-0.39, 0.29) is 12.0 Å². The minimum atomic E-state index is -0.130. The molecule has 2 rings (SSSR count). The molecule has 1 amide bonds. The predicted octanol–water partition coefficient (Wildman–Crippen LogP) is 1.85. The summed E-state index contributed by atoms with van der Waals surface area (Å²) in [5.74, 6) is -0.130. The number of halogens is 2. The molecule has 1 saturated heterocycles. The lowest BCUT2D eigenvalue weighted by Crippen LogP contribution is -2.48. The monoisotopic (exact) mass is 331 g/mol. The first-order chi connectivity index (χ1) is 10.1. The molecule has 21 heavy (non-hydrogen) atoms. The lowest BCUT2D eigenvalue weighted by Gasteiger charge is -2.32. The van der Waals surface area contributed by atoms with Crippen LogP contribution in [0.15, 0.2) is 18.2 Å². The summed E-state index contributed by atoms with van der Waals surface area (Å²) < 4.78 is 5.61. The Labute approximate surface area is 134 Å². The van der Waals surface area contributed by atoms with Gasteiger partial charge in [-0.05, 0) is 19.2 Å². The van der Waals surface area contributed by atoms with Crippen LogP contribution < -0.4 is 10.6 Å². The van der Waals surface area contributed by atoms with E-state index in [4.69, 9.17) is 27.9 Å². The number of nitrogens with one attached hydrogen (secondary N) is 2. The second-order valence-corrected chi connectivity index (χ2v) is 5.74. The summed E-state index contributed by atoms with van der Waals surface area (Å²) in [6, 6.07) is 5.13. The minimum Gasteiger partial charge on any atom is -0.374 e. The number of hydrogen-bond acceptors (Lipinski definition) is 4. The molecule has 1 atom stereocenters. The van der Waals surface area contributed by atoms with Gasteiger partial charge < -0.3 is 15.4 Å². The fourth-order valence-corrected chi connectivity index (χ4v) is 2.77. The van der Waals surface area contributed by atoms with Gasteiger partial charge in [0.15, 0.2) is 0 Å². The second kappa shape index (κ2) is 7.96. The smallest absolute Gasteiger partial charge is 0.238 e. The molecule has 0 aromatic heterocycles. The van der Waals surface area contributed by atoms with Crippen molar-refractivity contribution in [1.82, 2.24) is 10.2 Å². The first-order valence-electron chi connectivity index (χ1n) is 6.82. The van der Waals surface area contributed by atoms with Crippen LogP contribution in [0.4, 0.5) is 5.69 Å². The summed E-state index contributed by atoms with van der Waals surface area (Å²) in [6.07, 6.45) is 0.112. The molecule has 1 fully saturated rings. The van der Waals surface area contributed by atoms with Crippen molar-refractivity contribution in [3.8, 4) is 0 Å². The average Bonchev–Trinajstić information content (AvgIpc) is 2.44. The third kappa shape index (κ3) is 4.83. The SMILES string of the molecule is CNCC1CN(CC(=O)Nc2c(Cl)cccc2Cl)CCO1. The van der Waals surface area contributed by atoms with Crippen molar-refractivity contribution in [3.63, 3.8) is 0 Å². The third-order valence-corrected chi connectivity index (χ3v) is 3.88. The van der Waals surface area contributed by atoms with Crippen molar-refractivity contribution in [2.75, 3.05) is 45.2 Å². The molecule has 0 spiro atoms. The predicted molar refractivity (Wildman–Crippen MR) is 85.2 cm³/mol. The summed E-state index contributed by atoms with van der Waals surface area (Å²) in [7, 11) is 1.88. The Bertz CT molecular complexity index is 477. The Kier molecular flexibility index (Phi) is 6.26. The molecule has 5 nitrogen and oxygen atoms in total. The van der Waals surface area contributed by atoms with Gasteiger partial charge >= 0.3 is 0 Å². The number of benzene rings is 1. The Morgan fingerprint density at radius 2 is 2.14 bits per heavy atom. The molecular weight excluding hydrogens is 313 g/mol. The topological polar surface area (TPSA) is 53.6 Å². The van der Waals surface area contributed by atoms with Crippen LogP contribution in [0.25, 0.3) is 0 Å². The van der Waals surface area contributed by atoms with Crippen LogP contribution in [0.1, 0.15) is 0 Å². The summed E-state index contributed by atoms with van der Waals surface area (Å²) in [5, 5.41) is 6.72. The van der Waals surface area contributed by atoms with E-state index in [2.05, 4.69) is 15.5 Å². The van der Waals surface area contributed by atoms with E-state index in [1.165, 1.54) is 0 Å². The van der Waals surface area contributed by atoms with Gasteiger partial charge in [0.1, 0.15) is 0 Å². The lowest BCUT2D eigenvalue weighted by atomic mass is 10.2. The molecule has 0 saturated carbocycles. The van der Waals surface area contributed by atoms with Gasteiger partial charge in [-0.1, -0.05) is 29.3 Å². The number of likely N-dealkylation sites (N-methyl/N-ethyl adjacent to an activating group) is 1. The van der Waals surface area contributed by atoms with Gasteiger partial charge in [0.05, 0.1) is 35.0 Å². The van der Waals surface area contributed by atoms with Crippen LogP contribution in [0.3, 0.4) is 0 Å². The summed E-state index contributed by atoms with van der Waals surface area (Å²) in [6.45, 7) is 3.17. The second-order valence-electron chi connectivity index (χ2n) is 4.93. The fraction of sp³-hybridized carbons (Fsp3) is 0.500. The van der Waals surface area contributed by atoms with Crippen molar-refractivity contribution in [1.29, 1.82) is 0 Å². The zero-order valence-electron chi connectivity index (χ0n) is 11.9. The van der Waals surface area contributed by atoms with E-state index in [1.54, 1.807) is 18.2 Å². The minimum absolute atomic E-state index is 0.112. The molecule has 1 unspecified atom stereocenters. The zero-order valence-corrected chi connectivity index (χ0v) is 13.4. The summed E-state index contributed by atoms with van der Waals surface area (Å²) in [4.78, 5) is 14.2. The molecule has 0 radical (unpaired) electrons. The molecule has 1 aromatic rings. The number of morpholine rings is 1. The van der Waals surface area contributed by atoms with Crippen molar-refractivity contribution < 1.29 is 9.53 Å². The first-order valence-corrected chi connectivity index (χ1v) is 7.58. The van der Waals surface area contributed by atoms with E-state index < -0.39 is 0 Å². The quantitative estimate of drug-likeness (QED) is 0.864. The van der Waals surface area contributed by atoms with E-state index in [9.17, 15) is 4.79 Å². The van der Waals surface area contributed by atoms with Crippen LogP contribution in [0.5, 0.6) is 0 Å². The molecule has 2 N–H and O–H groups in total. The number of para-hydroxylation sites is 1. The number of amides is 1. The molecule has 0 bridgehead atoms. The van der Waals surface area contributed by atoms with Crippen molar-refractivity contribution in [2.24, 2.45) is 0 Å². The molecule has 7 heteroatoms. The highest BCUT2D eigenvalue weighted by atomic mass is 35.5. The van der Waals surface area contributed by atoms with E-state index >= 15 is 0 Å². The maximum Gasteiger partial charge on any atom is 0.238 e. The Morgan fingerprint density at radius 1 is 1.43 bits per heavy atom. The van der Waals surface area contributed by atoms with Crippen LogP contribution in [-0.4, -0.2) is 56.7 Å². The van der Waals surface area contributed by atoms with Crippen molar-refractivity contribution >= 4 is 34.8 Å². The zero-order chi connectivity index (χ0) is 15.2. The van der Waals surface area contributed by atoms with Crippen LogP contribution in [0.2, 0.25) is 10.0 Å². The molecular formula is C14H19Cl2N3O2. The average molecular weight is 332 g/mol.